The maximum Gasteiger partial charge on any atom is 0.324 e. The summed E-state index contributed by atoms with van der Waals surface area (Å²) in [6, 6.07) is 7.87. The van der Waals surface area contributed by atoms with Crippen molar-refractivity contribution in [1.29, 1.82) is 0 Å². The SMILES string of the molecule is O=C(N1CCC(O)CC1)N(CCCCC1(c2nc(C3CC3)no2)CCCCC1)c1cccc(-c2nc(C3CC3)no2)c1. The van der Waals surface area contributed by atoms with E-state index in [1.165, 1.54) is 32.1 Å². The monoisotopic (exact) mass is 574 g/mol. The maximum absolute atomic E-state index is 13.9. The molecule has 224 valence electrons. The van der Waals surface area contributed by atoms with Crippen molar-refractivity contribution in [3.63, 3.8) is 0 Å². The first kappa shape index (κ1) is 27.6. The zero-order valence-electron chi connectivity index (χ0n) is 24.4. The van der Waals surface area contributed by atoms with Crippen LogP contribution in [0, 0.1) is 0 Å². The molecule has 4 fully saturated rings. The first-order valence-electron chi connectivity index (χ1n) is 16.1. The van der Waals surface area contributed by atoms with E-state index in [1.54, 1.807) is 0 Å². The number of aromatic nitrogens is 4. The number of benzene rings is 1. The van der Waals surface area contributed by atoms with Gasteiger partial charge in [-0.25, -0.2) is 4.79 Å². The Balaban J connectivity index is 1.07. The minimum Gasteiger partial charge on any atom is -0.393 e. The highest BCUT2D eigenvalue weighted by molar-refractivity contribution is 5.92. The number of rotatable bonds is 10. The van der Waals surface area contributed by atoms with Gasteiger partial charge in [-0.3, -0.25) is 4.90 Å². The van der Waals surface area contributed by atoms with Crippen LogP contribution in [0.15, 0.2) is 33.3 Å². The van der Waals surface area contributed by atoms with E-state index in [1.807, 2.05) is 34.1 Å². The lowest BCUT2D eigenvalue weighted by atomic mass is 9.70. The Hall–Kier alpha value is -3.27. The van der Waals surface area contributed by atoms with Crippen LogP contribution in [0.5, 0.6) is 0 Å². The second-order valence-electron chi connectivity index (χ2n) is 13.0. The summed E-state index contributed by atoms with van der Waals surface area (Å²) in [5.74, 6) is 3.90. The number of carbonyl (C=O) groups excluding carboxylic acids is 1. The minimum atomic E-state index is -0.333. The van der Waals surface area contributed by atoms with Gasteiger partial charge in [0, 0.05) is 48.1 Å². The molecule has 3 saturated carbocycles. The Bertz CT molecular complexity index is 1360. The van der Waals surface area contributed by atoms with Crippen LogP contribution >= 0.6 is 0 Å². The molecule has 3 aromatic rings. The number of carbonyl (C=O) groups is 1. The molecule has 1 aliphatic heterocycles. The first-order valence-corrected chi connectivity index (χ1v) is 16.1. The highest BCUT2D eigenvalue weighted by Crippen LogP contribution is 2.45. The van der Waals surface area contributed by atoms with Crippen LogP contribution in [0.1, 0.15) is 119 Å². The molecule has 42 heavy (non-hydrogen) atoms. The Morgan fingerprint density at radius 2 is 1.64 bits per heavy atom. The summed E-state index contributed by atoms with van der Waals surface area (Å²) < 4.78 is 11.5. The van der Waals surface area contributed by atoms with Crippen LogP contribution in [0.3, 0.4) is 0 Å². The van der Waals surface area contributed by atoms with E-state index < -0.39 is 0 Å². The molecule has 3 aliphatic carbocycles. The number of aliphatic hydroxyl groups is 1. The summed E-state index contributed by atoms with van der Waals surface area (Å²) in [4.78, 5) is 27.2. The zero-order chi connectivity index (χ0) is 28.5. The Morgan fingerprint density at radius 3 is 2.38 bits per heavy atom. The second kappa shape index (κ2) is 11.8. The van der Waals surface area contributed by atoms with Gasteiger partial charge in [-0.2, -0.15) is 9.97 Å². The molecule has 7 rings (SSSR count). The Kier molecular flexibility index (Phi) is 7.73. The number of nitrogens with zero attached hydrogens (tertiary/aromatic N) is 6. The van der Waals surface area contributed by atoms with Gasteiger partial charge in [0.15, 0.2) is 11.6 Å². The summed E-state index contributed by atoms with van der Waals surface area (Å²) in [6.45, 7) is 1.73. The third kappa shape index (κ3) is 5.96. The largest absolute Gasteiger partial charge is 0.393 e. The molecule has 4 aliphatic rings. The summed E-state index contributed by atoms with van der Waals surface area (Å²) in [5.41, 5.74) is 1.60. The standard InChI is InChI=1S/C32H42N6O4/c39-26-13-19-37(20-14-26)31(40)38(25-8-6-7-24(21-25)29-33-27(35-41-29)22-9-10-22)18-5-4-17-32(15-2-1-3-16-32)30-34-28(36-42-30)23-11-12-23/h6-8,21-23,26,39H,1-5,9-20H2. The number of piperidine rings is 1. The van der Waals surface area contributed by atoms with Crippen LogP contribution in [-0.2, 0) is 5.41 Å². The van der Waals surface area contributed by atoms with Gasteiger partial charge in [0.1, 0.15) is 0 Å². The van der Waals surface area contributed by atoms with Gasteiger partial charge in [0.05, 0.1) is 6.10 Å². The zero-order valence-corrected chi connectivity index (χ0v) is 24.4. The van der Waals surface area contributed by atoms with Crippen LogP contribution in [0.4, 0.5) is 10.5 Å². The van der Waals surface area contributed by atoms with Crippen molar-refractivity contribution in [3.05, 3.63) is 41.8 Å². The van der Waals surface area contributed by atoms with Gasteiger partial charge in [0.2, 0.25) is 5.89 Å². The quantitative estimate of drug-likeness (QED) is 0.279. The van der Waals surface area contributed by atoms with Gasteiger partial charge < -0.3 is 19.1 Å². The number of hydrogen-bond acceptors (Lipinski definition) is 8. The van der Waals surface area contributed by atoms with Gasteiger partial charge >= 0.3 is 6.03 Å². The van der Waals surface area contributed by atoms with Crippen molar-refractivity contribution in [2.24, 2.45) is 0 Å². The maximum atomic E-state index is 13.9. The number of amides is 2. The van der Waals surface area contributed by atoms with E-state index in [4.69, 9.17) is 14.0 Å². The van der Waals surface area contributed by atoms with Crippen molar-refractivity contribution >= 4 is 11.7 Å². The molecular formula is C32H42N6O4. The van der Waals surface area contributed by atoms with Gasteiger partial charge in [-0.15, -0.1) is 0 Å². The Morgan fingerprint density at radius 1 is 0.929 bits per heavy atom. The average Bonchev–Trinajstić information content (AvgIpc) is 3.96. The van der Waals surface area contributed by atoms with Crippen molar-refractivity contribution in [1.82, 2.24) is 25.2 Å². The predicted molar refractivity (Wildman–Crippen MR) is 156 cm³/mol. The molecule has 0 radical (unpaired) electrons. The molecule has 1 saturated heterocycles. The molecule has 2 aromatic heterocycles. The van der Waals surface area contributed by atoms with Crippen molar-refractivity contribution in [2.45, 2.75) is 113 Å². The molecule has 3 heterocycles. The fraction of sp³-hybridized carbons (Fsp3) is 0.656. The molecule has 10 heteroatoms. The third-order valence-corrected chi connectivity index (χ3v) is 9.69. The van der Waals surface area contributed by atoms with E-state index in [0.717, 1.165) is 73.7 Å². The summed E-state index contributed by atoms with van der Waals surface area (Å²) in [6.07, 6.45) is 14.1. The average molecular weight is 575 g/mol. The van der Waals surface area contributed by atoms with Crippen molar-refractivity contribution < 1.29 is 18.9 Å². The molecule has 2 amide bonds. The predicted octanol–water partition coefficient (Wildman–Crippen LogP) is 6.33. The molecule has 0 unspecified atom stereocenters. The van der Waals surface area contributed by atoms with Crippen LogP contribution in [-0.4, -0.2) is 62.1 Å². The number of aliphatic hydroxyl groups excluding tert-OH is 1. The van der Waals surface area contributed by atoms with Crippen LogP contribution in [0.2, 0.25) is 0 Å². The minimum absolute atomic E-state index is 0.0124. The normalized spacial score (nSPS) is 21.0. The highest BCUT2D eigenvalue weighted by Gasteiger charge is 2.40. The summed E-state index contributed by atoms with van der Waals surface area (Å²) in [7, 11) is 0. The second-order valence-corrected chi connectivity index (χ2v) is 13.0. The number of unbranched alkanes of at least 4 members (excludes halogenated alkanes) is 1. The molecule has 1 aromatic carbocycles. The number of urea groups is 1. The van der Waals surface area contributed by atoms with Gasteiger partial charge in [-0.05, 0) is 82.4 Å². The number of anilines is 1. The van der Waals surface area contributed by atoms with Crippen LogP contribution < -0.4 is 4.90 Å². The number of likely N-dealkylation sites (tertiary alicyclic amines) is 1. The lowest BCUT2D eigenvalue weighted by Gasteiger charge is -2.35. The van der Waals surface area contributed by atoms with E-state index >= 15 is 0 Å². The van der Waals surface area contributed by atoms with Crippen LogP contribution in [0.25, 0.3) is 11.5 Å². The number of hydrogen-bond donors (Lipinski definition) is 1. The molecular weight excluding hydrogens is 532 g/mol. The molecule has 0 bridgehead atoms. The van der Waals surface area contributed by atoms with Crippen molar-refractivity contribution in [3.8, 4) is 11.5 Å². The van der Waals surface area contributed by atoms with Crippen molar-refractivity contribution in [2.75, 3.05) is 24.5 Å². The lowest BCUT2D eigenvalue weighted by Crippen LogP contribution is -2.48. The molecule has 10 nitrogen and oxygen atoms in total. The lowest BCUT2D eigenvalue weighted by molar-refractivity contribution is 0.0954. The molecule has 0 spiro atoms. The van der Waals surface area contributed by atoms with E-state index in [9.17, 15) is 9.90 Å². The summed E-state index contributed by atoms with van der Waals surface area (Å²) >= 11 is 0. The topological polar surface area (TPSA) is 122 Å². The first-order chi connectivity index (χ1) is 20.6. The molecule has 1 N–H and O–H groups in total. The third-order valence-electron chi connectivity index (χ3n) is 9.69. The fourth-order valence-electron chi connectivity index (χ4n) is 6.72. The van der Waals surface area contributed by atoms with E-state index in [0.29, 0.717) is 50.2 Å². The summed E-state index contributed by atoms with van der Waals surface area (Å²) in [5, 5.41) is 18.6. The smallest absolute Gasteiger partial charge is 0.324 e. The highest BCUT2D eigenvalue weighted by atomic mass is 16.5. The van der Waals surface area contributed by atoms with E-state index in [2.05, 4.69) is 15.3 Å². The fourth-order valence-corrected chi connectivity index (χ4v) is 6.72. The Labute approximate surface area is 246 Å². The van der Waals surface area contributed by atoms with E-state index in [-0.39, 0.29) is 17.6 Å². The molecule has 0 atom stereocenters. The van der Waals surface area contributed by atoms with Gasteiger partial charge in [0.25, 0.3) is 5.89 Å². The van der Waals surface area contributed by atoms with Gasteiger partial charge in [-0.1, -0.05) is 42.1 Å².